The van der Waals surface area contributed by atoms with E-state index in [9.17, 15) is 14.7 Å². The Labute approximate surface area is 147 Å². The van der Waals surface area contributed by atoms with Crippen molar-refractivity contribution in [1.29, 1.82) is 0 Å². The molecule has 0 saturated heterocycles. The lowest BCUT2D eigenvalue weighted by Gasteiger charge is -2.20. The maximum Gasteiger partial charge on any atom is 0.303 e. The van der Waals surface area contributed by atoms with Crippen molar-refractivity contribution in [2.24, 2.45) is 11.8 Å². The third-order valence-corrected chi connectivity index (χ3v) is 5.41. The first kappa shape index (κ1) is 21.1. The first-order chi connectivity index (χ1) is 11.5. The molecule has 2 unspecified atom stereocenters. The van der Waals surface area contributed by atoms with Gasteiger partial charge in [0.1, 0.15) is 5.78 Å². The minimum Gasteiger partial charge on any atom is -0.481 e. The van der Waals surface area contributed by atoms with Crippen LogP contribution in [-0.2, 0) is 9.59 Å². The summed E-state index contributed by atoms with van der Waals surface area (Å²) in [6.07, 6.45) is 12.6. The molecule has 0 aliphatic heterocycles. The monoisotopic (exact) mass is 340 g/mol. The second-order valence-electron chi connectivity index (χ2n) is 7.45. The van der Waals surface area contributed by atoms with Gasteiger partial charge in [-0.2, -0.15) is 0 Å². The molecule has 0 spiro atoms. The zero-order valence-corrected chi connectivity index (χ0v) is 15.3. The predicted octanol–water partition coefficient (Wildman–Crippen LogP) is 4.73. The highest BCUT2D eigenvalue weighted by atomic mass is 16.4. The molecular weight excluding hydrogens is 304 g/mol. The number of hydrogen-bond donors (Lipinski definition) is 2. The zero-order chi connectivity index (χ0) is 17.8. The first-order valence-electron chi connectivity index (χ1n) is 9.97. The number of aliphatic hydroxyl groups is 1. The van der Waals surface area contributed by atoms with Crippen LogP contribution in [0.2, 0.25) is 0 Å². The van der Waals surface area contributed by atoms with E-state index in [0.717, 1.165) is 64.2 Å². The highest BCUT2D eigenvalue weighted by molar-refractivity contribution is 5.83. The third-order valence-electron chi connectivity index (χ3n) is 5.41. The van der Waals surface area contributed by atoms with Gasteiger partial charge in [-0.3, -0.25) is 9.59 Å². The number of Topliss-reactive ketones (excluding diaryl/α,β-unsaturated/α-hetero) is 1. The molecule has 0 heterocycles. The van der Waals surface area contributed by atoms with E-state index in [4.69, 9.17) is 5.11 Å². The molecule has 4 heteroatoms. The van der Waals surface area contributed by atoms with E-state index < -0.39 is 5.97 Å². The number of aliphatic hydroxyl groups excluding tert-OH is 1. The van der Waals surface area contributed by atoms with Crippen LogP contribution >= 0.6 is 0 Å². The van der Waals surface area contributed by atoms with E-state index in [0.29, 0.717) is 18.1 Å². The number of carbonyl (C=O) groups excluding carboxylic acids is 1. The summed E-state index contributed by atoms with van der Waals surface area (Å²) in [5.41, 5.74) is 0. The lowest BCUT2D eigenvalue weighted by Crippen LogP contribution is -2.17. The van der Waals surface area contributed by atoms with Crippen LogP contribution in [0, 0.1) is 11.8 Å². The quantitative estimate of drug-likeness (QED) is 0.448. The lowest BCUT2D eigenvalue weighted by atomic mass is 9.86. The van der Waals surface area contributed by atoms with Crippen LogP contribution in [0.3, 0.4) is 0 Å². The van der Waals surface area contributed by atoms with Gasteiger partial charge in [-0.25, -0.2) is 0 Å². The minimum atomic E-state index is -0.724. The van der Waals surface area contributed by atoms with Gasteiger partial charge in [-0.1, -0.05) is 45.4 Å². The van der Waals surface area contributed by atoms with Gasteiger partial charge in [0.05, 0.1) is 6.10 Å². The molecule has 2 N–H and O–H groups in total. The van der Waals surface area contributed by atoms with Crippen molar-refractivity contribution < 1.29 is 19.8 Å². The summed E-state index contributed by atoms with van der Waals surface area (Å²) < 4.78 is 0. The van der Waals surface area contributed by atoms with Gasteiger partial charge in [0, 0.05) is 18.8 Å². The Kier molecular flexibility index (Phi) is 11.0. The van der Waals surface area contributed by atoms with Crippen LogP contribution in [0.1, 0.15) is 96.8 Å². The largest absolute Gasteiger partial charge is 0.481 e. The molecule has 0 bridgehead atoms. The minimum absolute atomic E-state index is 0.187. The number of hydrogen-bond acceptors (Lipinski definition) is 3. The topological polar surface area (TPSA) is 74.6 Å². The van der Waals surface area contributed by atoms with Gasteiger partial charge in [0.15, 0.2) is 0 Å². The second-order valence-corrected chi connectivity index (χ2v) is 7.45. The van der Waals surface area contributed by atoms with Crippen molar-refractivity contribution >= 4 is 11.8 Å². The molecule has 0 aromatic rings. The van der Waals surface area contributed by atoms with Crippen LogP contribution in [-0.4, -0.2) is 28.1 Å². The fraction of sp³-hybridized carbons (Fsp3) is 0.900. The van der Waals surface area contributed by atoms with Crippen molar-refractivity contribution in [2.75, 3.05) is 0 Å². The SMILES string of the molecule is CCCCCC(O)CC[C@H]1CCC(=O)C1CCCCCCC(=O)O. The molecule has 3 atom stereocenters. The number of carbonyl (C=O) groups is 2. The highest BCUT2D eigenvalue weighted by Crippen LogP contribution is 2.36. The maximum absolute atomic E-state index is 12.1. The molecule has 24 heavy (non-hydrogen) atoms. The van der Waals surface area contributed by atoms with Gasteiger partial charge >= 0.3 is 5.97 Å². The van der Waals surface area contributed by atoms with Gasteiger partial charge in [-0.15, -0.1) is 0 Å². The summed E-state index contributed by atoms with van der Waals surface area (Å²) in [5, 5.41) is 18.7. The van der Waals surface area contributed by atoms with E-state index >= 15 is 0 Å². The summed E-state index contributed by atoms with van der Waals surface area (Å²) >= 11 is 0. The van der Waals surface area contributed by atoms with E-state index in [2.05, 4.69) is 6.92 Å². The number of rotatable bonds is 14. The van der Waals surface area contributed by atoms with E-state index in [1.165, 1.54) is 12.8 Å². The average Bonchev–Trinajstić information content (AvgIpc) is 2.89. The van der Waals surface area contributed by atoms with Gasteiger partial charge in [0.2, 0.25) is 0 Å². The molecule has 0 aromatic carbocycles. The van der Waals surface area contributed by atoms with Gasteiger partial charge in [0.25, 0.3) is 0 Å². The first-order valence-corrected chi connectivity index (χ1v) is 9.97. The molecule has 0 aromatic heterocycles. The summed E-state index contributed by atoms with van der Waals surface area (Å²) in [7, 11) is 0. The Morgan fingerprint density at radius 3 is 2.54 bits per heavy atom. The number of carboxylic acids is 1. The van der Waals surface area contributed by atoms with E-state index in [1.807, 2.05) is 0 Å². The van der Waals surface area contributed by atoms with Gasteiger partial charge in [-0.05, 0) is 44.4 Å². The molecule has 0 radical (unpaired) electrons. The van der Waals surface area contributed by atoms with Crippen LogP contribution in [0.4, 0.5) is 0 Å². The van der Waals surface area contributed by atoms with E-state index in [-0.39, 0.29) is 18.4 Å². The average molecular weight is 341 g/mol. The fourth-order valence-corrected chi connectivity index (χ4v) is 3.89. The van der Waals surface area contributed by atoms with Crippen LogP contribution in [0.25, 0.3) is 0 Å². The maximum atomic E-state index is 12.1. The zero-order valence-electron chi connectivity index (χ0n) is 15.3. The molecule has 1 aliphatic carbocycles. The van der Waals surface area contributed by atoms with Crippen molar-refractivity contribution in [1.82, 2.24) is 0 Å². The highest BCUT2D eigenvalue weighted by Gasteiger charge is 2.33. The normalized spacial score (nSPS) is 22.0. The summed E-state index contributed by atoms with van der Waals surface area (Å²) in [4.78, 5) is 22.6. The summed E-state index contributed by atoms with van der Waals surface area (Å²) in [6, 6.07) is 0. The van der Waals surface area contributed by atoms with Crippen molar-refractivity contribution in [3.63, 3.8) is 0 Å². The fourth-order valence-electron chi connectivity index (χ4n) is 3.89. The number of ketones is 1. The second kappa shape index (κ2) is 12.5. The lowest BCUT2D eigenvalue weighted by molar-refractivity contribution is -0.137. The molecular formula is C20H36O4. The Bertz CT molecular complexity index is 367. The predicted molar refractivity (Wildman–Crippen MR) is 95.9 cm³/mol. The van der Waals surface area contributed by atoms with E-state index in [1.54, 1.807) is 0 Å². The molecule has 4 nitrogen and oxygen atoms in total. The molecule has 1 aliphatic rings. The number of unbranched alkanes of at least 4 members (excludes halogenated alkanes) is 5. The molecule has 140 valence electrons. The third kappa shape index (κ3) is 8.81. The van der Waals surface area contributed by atoms with Crippen molar-refractivity contribution in [2.45, 2.75) is 103 Å². The molecule has 1 saturated carbocycles. The molecule has 1 rings (SSSR count). The number of carboxylic acid groups (broad SMARTS) is 1. The Morgan fingerprint density at radius 1 is 1.08 bits per heavy atom. The van der Waals surface area contributed by atoms with Crippen LogP contribution in [0.5, 0.6) is 0 Å². The van der Waals surface area contributed by atoms with Gasteiger partial charge < -0.3 is 10.2 Å². The summed E-state index contributed by atoms with van der Waals surface area (Å²) in [5.74, 6) is 0.328. The molecule has 0 amide bonds. The molecule has 1 fully saturated rings. The Morgan fingerprint density at radius 2 is 1.83 bits per heavy atom. The summed E-state index contributed by atoms with van der Waals surface area (Å²) in [6.45, 7) is 2.17. The smallest absolute Gasteiger partial charge is 0.303 e. The number of aliphatic carboxylic acids is 1. The standard InChI is InChI=1S/C20H36O4/c1-2-3-6-9-17(21)14-12-16-13-15-19(22)18(16)10-7-4-5-8-11-20(23)24/h16-18,21H,2-15H2,1H3,(H,23,24)/t16-,17?,18?/m0/s1. The van der Waals surface area contributed by atoms with Crippen molar-refractivity contribution in [3.8, 4) is 0 Å². The Hall–Kier alpha value is -0.900. The Balaban J connectivity index is 2.19. The van der Waals surface area contributed by atoms with Crippen LogP contribution in [0.15, 0.2) is 0 Å². The van der Waals surface area contributed by atoms with Crippen molar-refractivity contribution in [3.05, 3.63) is 0 Å². The van der Waals surface area contributed by atoms with Crippen LogP contribution < -0.4 is 0 Å².